The molecule has 0 aliphatic heterocycles. The van der Waals surface area contributed by atoms with Gasteiger partial charge in [0, 0.05) is 10.9 Å². The maximum Gasteiger partial charge on any atom is 0.263 e. The Morgan fingerprint density at radius 1 is 1.11 bits per heavy atom. The van der Waals surface area contributed by atoms with Gasteiger partial charge in [-0.05, 0) is 11.1 Å². The van der Waals surface area contributed by atoms with E-state index in [1.165, 1.54) is 22.2 Å². The van der Waals surface area contributed by atoms with Gasteiger partial charge in [-0.25, -0.2) is 10.4 Å². The van der Waals surface area contributed by atoms with Gasteiger partial charge in [0.1, 0.15) is 11.4 Å². The lowest BCUT2D eigenvalue weighted by atomic mass is 10.1. The van der Waals surface area contributed by atoms with E-state index in [0.29, 0.717) is 10.2 Å². The molecule has 0 aliphatic carbocycles. The molecule has 0 spiro atoms. The summed E-state index contributed by atoms with van der Waals surface area (Å²) in [6.07, 6.45) is 2.95. The van der Waals surface area contributed by atoms with E-state index in [0.717, 1.165) is 16.7 Å². The van der Waals surface area contributed by atoms with Crippen molar-refractivity contribution in [1.29, 1.82) is 0 Å². The molecule has 0 atom stereocenters. The van der Waals surface area contributed by atoms with E-state index in [4.69, 9.17) is 0 Å². The lowest BCUT2D eigenvalue weighted by Crippen LogP contribution is -2.30. The summed E-state index contributed by atoms with van der Waals surface area (Å²) in [4.78, 5) is 30.1. The van der Waals surface area contributed by atoms with E-state index in [1.54, 1.807) is 6.21 Å². The van der Waals surface area contributed by atoms with Crippen LogP contribution in [0, 0.1) is 0 Å². The van der Waals surface area contributed by atoms with E-state index in [9.17, 15) is 9.59 Å². The first-order valence-electron chi connectivity index (χ1n) is 8.61. The van der Waals surface area contributed by atoms with E-state index in [-0.39, 0.29) is 12.1 Å². The van der Waals surface area contributed by atoms with Crippen LogP contribution in [0.25, 0.3) is 21.3 Å². The molecule has 4 aromatic rings. The number of amides is 1. The Bertz CT molecular complexity index is 1200. The fraction of sp³-hybridized carbons (Fsp3) is 0.0476. The minimum absolute atomic E-state index is 0.155. The molecular formula is C21H16N4O2S. The third-order valence-electron chi connectivity index (χ3n) is 4.16. The highest BCUT2D eigenvalue weighted by molar-refractivity contribution is 7.17. The molecule has 0 radical (unpaired) electrons. The van der Waals surface area contributed by atoms with Gasteiger partial charge >= 0.3 is 0 Å². The quantitative estimate of drug-likeness (QED) is 0.421. The summed E-state index contributed by atoms with van der Waals surface area (Å²) < 4.78 is 1.30. The molecule has 0 unspecified atom stereocenters. The van der Waals surface area contributed by atoms with Crippen molar-refractivity contribution in [2.45, 2.75) is 6.54 Å². The molecule has 2 aromatic heterocycles. The van der Waals surface area contributed by atoms with Crippen molar-refractivity contribution in [1.82, 2.24) is 15.0 Å². The number of nitrogens with one attached hydrogen (secondary N) is 1. The first-order chi connectivity index (χ1) is 13.7. The van der Waals surface area contributed by atoms with Crippen molar-refractivity contribution < 1.29 is 4.79 Å². The number of hydrogen-bond donors (Lipinski definition) is 1. The molecule has 7 heteroatoms. The van der Waals surface area contributed by atoms with Crippen LogP contribution in [0.15, 0.2) is 82.3 Å². The summed E-state index contributed by atoms with van der Waals surface area (Å²) in [5, 5.41) is 6.37. The first kappa shape index (κ1) is 17.8. The van der Waals surface area contributed by atoms with Crippen LogP contribution in [0.2, 0.25) is 0 Å². The molecule has 0 fully saturated rings. The molecule has 6 nitrogen and oxygen atoms in total. The zero-order chi connectivity index (χ0) is 19.3. The number of benzene rings is 2. The molecule has 0 bridgehead atoms. The molecule has 0 saturated heterocycles. The lowest BCUT2D eigenvalue weighted by molar-refractivity contribution is -0.121. The van der Waals surface area contributed by atoms with E-state index < -0.39 is 5.91 Å². The first-order valence-corrected chi connectivity index (χ1v) is 9.49. The Labute approximate surface area is 164 Å². The van der Waals surface area contributed by atoms with E-state index >= 15 is 0 Å². The zero-order valence-electron chi connectivity index (χ0n) is 14.8. The van der Waals surface area contributed by atoms with Gasteiger partial charge in [0.05, 0.1) is 17.9 Å². The number of aromatic nitrogens is 2. The van der Waals surface area contributed by atoms with Crippen molar-refractivity contribution in [2.24, 2.45) is 5.10 Å². The molecule has 2 heterocycles. The van der Waals surface area contributed by atoms with Crippen LogP contribution >= 0.6 is 11.3 Å². The standard InChI is InChI=1S/C21H16N4O2S/c26-18(24-23-11-15-7-3-1-4-8-15)12-25-14-22-20-19(21(25)27)17(13-28-20)16-9-5-2-6-10-16/h1-11,13-14H,12H2,(H,24,26)/b23-11+. The second-order valence-corrected chi connectivity index (χ2v) is 6.94. The predicted molar refractivity (Wildman–Crippen MR) is 111 cm³/mol. The molecular weight excluding hydrogens is 372 g/mol. The second kappa shape index (κ2) is 7.98. The molecule has 28 heavy (non-hydrogen) atoms. The molecule has 2 aromatic carbocycles. The highest BCUT2D eigenvalue weighted by Gasteiger charge is 2.14. The summed E-state index contributed by atoms with van der Waals surface area (Å²) in [6, 6.07) is 19.1. The van der Waals surface area contributed by atoms with Gasteiger partial charge in [0.25, 0.3) is 11.5 Å². The van der Waals surface area contributed by atoms with Gasteiger partial charge in [-0.1, -0.05) is 60.7 Å². The number of carbonyl (C=O) groups is 1. The lowest BCUT2D eigenvalue weighted by Gasteiger charge is -2.05. The van der Waals surface area contributed by atoms with Crippen molar-refractivity contribution >= 4 is 33.7 Å². The Balaban J connectivity index is 1.56. The average molecular weight is 388 g/mol. The number of thiophene rings is 1. The zero-order valence-corrected chi connectivity index (χ0v) is 15.6. The average Bonchev–Trinajstić information content (AvgIpc) is 3.16. The molecule has 0 saturated carbocycles. The Morgan fingerprint density at radius 3 is 2.57 bits per heavy atom. The second-order valence-electron chi connectivity index (χ2n) is 6.08. The van der Waals surface area contributed by atoms with Crippen molar-refractivity contribution in [3.63, 3.8) is 0 Å². The van der Waals surface area contributed by atoms with Gasteiger partial charge in [-0.2, -0.15) is 5.10 Å². The van der Waals surface area contributed by atoms with Crippen molar-refractivity contribution in [2.75, 3.05) is 0 Å². The van der Waals surface area contributed by atoms with Crippen LogP contribution in [0.4, 0.5) is 0 Å². The van der Waals surface area contributed by atoms with Gasteiger partial charge in [-0.15, -0.1) is 11.3 Å². The largest absolute Gasteiger partial charge is 0.289 e. The SMILES string of the molecule is O=C(Cn1cnc2scc(-c3ccccc3)c2c1=O)N/N=C/c1ccccc1. The maximum absolute atomic E-state index is 12.9. The molecule has 1 amide bonds. The predicted octanol–water partition coefficient (Wildman–Crippen LogP) is 3.28. The molecule has 4 rings (SSSR count). The molecule has 1 N–H and O–H groups in total. The monoisotopic (exact) mass is 388 g/mol. The molecule has 138 valence electrons. The maximum atomic E-state index is 12.9. The van der Waals surface area contributed by atoms with Crippen molar-refractivity contribution in [3.8, 4) is 11.1 Å². The van der Waals surface area contributed by atoms with Gasteiger partial charge in [0.2, 0.25) is 0 Å². The Kier molecular flexibility index (Phi) is 5.07. The third kappa shape index (κ3) is 3.74. The summed E-state index contributed by atoms with van der Waals surface area (Å²) in [5.41, 5.74) is 4.84. The van der Waals surface area contributed by atoms with Crippen LogP contribution in [0.3, 0.4) is 0 Å². The summed E-state index contributed by atoms with van der Waals surface area (Å²) >= 11 is 1.41. The number of fused-ring (bicyclic) bond motifs is 1. The van der Waals surface area contributed by atoms with Gasteiger partial charge < -0.3 is 0 Å². The minimum Gasteiger partial charge on any atom is -0.289 e. The number of hydrazone groups is 1. The van der Waals surface area contributed by atoms with Crippen LogP contribution in [-0.4, -0.2) is 21.7 Å². The third-order valence-corrected chi connectivity index (χ3v) is 5.05. The number of carbonyl (C=O) groups excluding carboxylic acids is 1. The van der Waals surface area contributed by atoms with Gasteiger partial charge in [0.15, 0.2) is 0 Å². The van der Waals surface area contributed by atoms with Crippen LogP contribution < -0.4 is 11.0 Å². The number of hydrogen-bond acceptors (Lipinski definition) is 5. The summed E-state index contributed by atoms with van der Waals surface area (Å²) in [7, 11) is 0. The number of rotatable bonds is 5. The Morgan fingerprint density at radius 2 is 1.82 bits per heavy atom. The van der Waals surface area contributed by atoms with Crippen LogP contribution in [0.1, 0.15) is 5.56 Å². The fourth-order valence-corrected chi connectivity index (χ4v) is 3.72. The van der Waals surface area contributed by atoms with E-state index in [1.807, 2.05) is 66.0 Å². The topological polar surface area (TPSA) is 76.3 Å². The minimum atomic E-state index is -0.396. The fourth-order valence-electron chi connectivity index (χ4n) is 2.82. The highest BCUT2D eigenvalue weighted by Crippen LogP contribution is 2.30. The Hall–Kier alpha value is -3.58. The number of nitrogens with zero attached hydrogens (tertiary/aromatic N) is 3. The van der Waals surface area contributed by atoms with Crippen molar-refractivity contribution in [3.05, 3.63) is 88.3 Å². The summed E-state index contributed by atoms with van der Waals surface area (Å²) in [5.74, 6) is -0.396. The highest BCUT2D eigenvalue weighted by atomic mass is 32.1. The van der Waals surface area contributed by atoms with Crippen LogP contribution in [-0.2, 0) is 11.3 Å². The van der Waals surface area contributed by atoms with Gasteiger partial charge in [-0.3, -0.25) is 14.2 Å². The van der Waals surface area contributed by atoms with Crippen LogP contribution in [0.5, 0.6) is 0 Å². The normalized spacial score (nSPS) is 11.1. The van der Waals surface area contributed by atoms with E-state index in [2.05, 4.69) is 15.5 Å². The molecule has 0 aliphatic rings. The summed E-state index contributed by atoms with van der Waals surface area (Å²) in [6.45, 7) is -0.155. The smallest absolute Gasteiger partial charge is 0.263 e.